The molecular weight excluding hydrogens is 598 g/mol. The number of carbonyl (C=O) groups is 4. The van der Waals surface area contributed by atoms with Crippen LogP contribution in [0.25, 0.3) is 0 Å². The zero-order valence-electron chi connectivity index (χ0n) is 27.8. The van der Waals surface area contributed by atoms with Crippen molar-refractivity contribution >= 4 is 29.3 Å². The van der Waals surface area contributed by atoms with Gasteiger partial charge < -0.3 is 10.2 Å². The Kier molecular flexibility index (Phi) is 8.24. The fourth-order valence-corrected chi connectivity index (χ4v) is 8.42. The van der Waals surface area contributed by atoms with Gasteiger partial charge in [0, 0.05) is 12.2 Å². The van der Waals surface area contributed by atoms with Gasteiger partial charge in [-0.05, 0) is 105 Å². The fourth-order valence-electron chi connectivity index (χ4n) is 8.42. The third kappa shape index (κ3) is 5.61. The molecule has 0 unspecified atom stereocenters. The molecule has 4 aromatic carbocycles. The minimum absolute atomic E-state index is 0.177. The van der Waals surface area contributed by atoms with Gasteiger partial charge in [0.25, 0.3) is 11.8 Å². The minimum Gasteiger partial charge on any atom is -0.324 e. The van der Waals surface area contributed by atoms with Crippen molar-refractivity contribution < 1.29 is 19.2 Å². The van der Waals surface area contributed by atoms with E-state index in [4.69, 9.17) is 0 Å². The molecule has 244 valence electrons. The maximum atomic E-state index is 15.0. The van der Waals surface area contributed by atoms with Crippen LogP contribution in [0, 0.1) is 32.6 Å². The number of aryl methyl sites for hydroxylation is 3. The number of imide groups is 1. The number of hydrogen-bond donors (Lipinski definition) is 1. The van der Waals surface area contributed by atoms with Crippen LogP contribution in [0.5, 0.6) is 0 Å². The van der Waals surface area contributed by atoms with Gasteiger partial charge in [-0.15, -0.1) is 0 Å². The first-order chi connectivity index (χ1) is 23.1. The van der Waals surface area contributed by atoms with E-state index in [1.807, 2.05) is 51.1 Å². The Bertz CT molecular complexity index is 1880. The molecule has 0 aromatic heterocycles. The molecule has 2 aliphatic carbocycles. The summed E-state index contributed by atoms with van der Waals surface area (Å²) in [5.74, 6) is -1.03. The van der Waals surface area contributed by atoms with Crippen LogP contribution < -0.4 is 5.32 Å². The molecule has 7 rings (SSSR count). The van der Waals surface area contributed by atoms with Gasteiger partial charge in [-0.1, -0.05) is 84.4 Å². The van der Waals surface area contributed by atoms with Crippen molar-refractivity contribution in [1.29, 1.82) is 0 Å². The van der Waals surface area contributed by atoms with Crippen LogP contribution >= 0.6 is 0 Å². The van der Waals surface area contributed by atoms with Gasteiger partial charge in [0.1, 0.15) is 12.1 Å². The SMILES string of the molecule is Cc1cc(C)c(NC(=O)[C@]2(N(Cc3ccccc3)C(=O)CN3C(=O)c4ccccc4C3=O)CC[C@@H]3Cc4ccccc4C[C@H]3C2)c(C)c1. The Hall–Kier alpha value is -5.04. The maximum Gasteiger partial charge on any atom is 0.262 e. The molecule has 0 saturated heterocycles. The second-order valence-corrected chi connectivity index (χ2v) is 13.9. The molecule has 7 heteroatoms. The van der Waals surface area contributed by atoms with Crippen molar-refractivity contribution in [2.45, 2.75) is 65.0 Å². The zero-order valence-corrected chi connectivity index (χ0v) is 27.8. The third-order valence-corrected chi connectivity index (χ3v) is 10.8. The molecular formula is C41H41N3O4. The molecule has 3 atom stereocenters. The van der Waals surface area contributed by atoms with Gasteiger partial charge in [0.2, 0.25) is 11.8 Å². The van der Waals surface area contributed by atoms with E-state index in [1.54, 1.807) is 29.2 Å². The molecule has 4 aromatic rings. The summed E-state index contributed by atoms with van der Waals surface area (Å²) in [4.78, 5) is 59.3. The first-order valence-electron chi connectivity index (χ1n) is 16.9. The molecule has 0 bridgehead atoms. The van der Waals surface area contributed by atoms with Crippen molar-refractivity contribution in [3.05, 3.63) is 136 Å². The Balaban J connectivity index is 1.30. The first kappa shape index (κ1) is 31.6. The highest BCUT2D eigenvalue weighted by molar-refractivity contribution is 6.22. The smallest absolute Gasteiger partial charge is 0.262 e. The van der Waals surface area contributed by atoms with Crippen molar-refractivity contribution in [2.24, 2.45) is 11.8 Å². The van der Waals surface area contributed by atoms with Crippen LogP contribution in [0.1, 0.15) is 73.4 Å². The second-order valence-electron chi connectivity index (χ2n) is 13.9. The molecule has 1 saturated carbocycles. The van der Waals surface area contributed by atoms with E-state index < -0.39 is 29.8 Å². The number of rotatable bonds is 7. The number of anilines is 1. The van der Waals surface area contributed by atoms with Gasteiger partial charge in [-0.25, -0.2) is 0 Å². The van der Waals surface area contributed by atoms with E-state index in [0.717, 1.165) is 52.1 Å². The highest BCUT2D eigenvalue weighted by atomic mass is 16.2. The van der Waals surface area contributed by atoms with E-state index in [2.05, 4.69) is 41.7 Å². The molecule has 3 aliphatic rings. The van der Waals surface area contributed by atoms with Crippen LogP contribution in [0.3, 0.4) is 0 Å². The van der Waals surface area contributed by atoms with Gasteiger partial charge in [0.05, 0.1) is 11.1 Å². The number of nitrogens with zero attached hydrogens (tertiary/aromatic N) is 2. The highest BCUT2D eigenvalue weighted by Gasteiger charge is 2.53. The van der Waals surface area contributed by atoms with Gasteiger partial charge >= 0.3 is 0 Å². The predicted octanol–water partition coefficient (Wildman–Crippen LogP) is 6.83. The summed E-state index contributed by atoms with van der Waals surface area (Å²) in [5.41, 5.74) is 6.72. The molecule has 1 heterocycles. The van der Waals surface area contributed by atoms with Crippen molar-refractivity contribution in [3.63, 3.8) is 0 Å². The van der Waals surface area contributed by atoms with E-state index >= 15 is 4.79 Å². The number of benzene rings is 4. The fraction of sp³-hybridized carbons (Fsp3) is 0.317. The van der Waals surface area contributed by atoms with E-state index in [1.165, 1.54) is 11.1 Å². The molecule has 0 radical (unpaired) electrons. The van der Waals surface area contributed by atoms with Gasteiger partial charge in [0.15, 0.2) is 0 Å². The van der Waals surface area contributed by atoms with Crippen LogP contribution in [0.15, 0.2) is 91.0 Å². The minimum atomic E-state index is -1.21. The summed E-state index contributed by atoms with van der Waals surface area (Å²) >= 11 is 0. The maximum absolute atomic E-state index is 15.0. The Morgan fingerprint density at radius 2 is 1.35 bits per heavy atom. The number of nitrogens with one attached hydrogen (secondary N) is 1. The van der Waals surface area contributed by atoms with Crippen LogP contribution in [0.2, 0.25) is 0 Å². The lowest BCUT2D eigenvalue weighted by Gasteiger charge is -2.51. The molecule has 0 spiro atoms. The van der Waals surface area contributed by atoms with Gasteiger partial charge in [-0.3, -0.25) is 24.1 Å². The summed E-state index contributed by atoms with van der Waals surface area (Å²) in [6.45, 7) is 5.76. The molecule has 1 aliphatic heterocycles. The average Bonchev–Trinajstić information content (AvgIpc) is 3.32. The molecule has 1 fully saturated rings. The van der Waals surface area contributed by atoms with Crippen LogP contribution in [-0.2, 0) is 29.0 Å². The number of hydrogen-bond acceptors (Lipinski definition) is 4. The van der Waals surface area contributed by atoms with Crippen LogP contribution in [-0.4, -0.2) is 45.5 Å². The Labute approximate surface area is 282 Å². The lowest BCUT2D eigenvalue weighted by Crippen LogP contribution is -2.63. The largest absolute Gasteiger partial charge is 0.324 e. The Morgan fingerprint density at radius 3 is 1.98 bits per heavy atom. The number of fused-ring (bicyclic) bond motifs is 3. The molecule has 7 nitrogen and oxygen atoms in total. The van der Waals surface area contributed by atoms with Crippen molar-refractivity contribution in [2.75, 3.05) is 11.9 Å². The third-order valence-electron chi connectivity index (χ3n) is 10.8. The van der Waals surface area contributed by atoms with Crippen LogP contribution in [0.4, 0.5) is 5.69 Å². The lowest BCUT2D eigenvalue weighted by atomic mass is 9.62. The Morgan fingerprint density at radius 1 is 0.792 bits per heavy atom. The quantitative estimate of drug-likeness (QED) is 0.225. The highest BCUT2D eigenvalue weighted by Crippen LogP contribution is 2.47. The lowest BCUT2D eigenvalue weighted by molar-refractivity contribution is -0.151. The average molecular weight is 640 g/mol. The summed E-state index contributed by atoms with van der Waals surface area (Å²) < 4.78 is 0. The molecule has 1 N–H and O–H groups in total. The second kappa shape index (κ2) is 12.5. The van der Waals surface area contributed by atoms with E-state index in [-0.39, 0.29) is 18.4 Å². The topological polar surface area (TPSA) is 86.8 Å². The first-order valence-corrected chi connectivity index (χ1v) is 16.9. The predicted molar refractivity (Wildman–Crippen MR) is 185 cm³/mol. The summed E-state index contributed by atoms with van der Waals surface area (Å²) in [6.07, 6.45) is 3.54. The van der Waals surface area contributed by atoms with E-state index in [0.29, 0.717) is 29.9 Å². The van der Waals surface area contributed by atoms with Crippen molar-refractivity contribution in [3.8, 4) is 0 Å². The normalized spacial score (nSPS) is 21.3. The number of amides is 4. The van der Waals surface area contributed by atoms with Gasteiger partial charge in [-0.2, -0.15) is 0 Å². The molecule has 48 heavy (non-hydrogen) atoms. The summed E-state index contributed by atoms with van der Waals surface area (Å²) in [7, 11) is 0. The summed E-state index contributed by atoms with van der Waals surface area (Å²) in [6, 6.07) is 29.0. The summed E-state index contributed by atoms with van der Waals surface area (Å²) in [5, 5.41) is 3.30. The zero-order chi connectivity index (χ0) is 33.6. The monoisotopic (exact) mass is 639 g/mol. The van der Waals surface area contributed by atoms with E-state index in [9.17, 15) is 14.4 Å². The number of carbonyl (C=O) groups excluding carboxylic acids is 4. The molecule has 4 amide bonds. The van der Waals surface area contributed by atoms with Crippen molar-refractivity contribution in [1.82, 2.24) is 9.80 Å². The standard InChI is InChI=1S/C41H41N3O4/c1-26-19-27(2)37(28(3)20-26)42-40(48)41(18-17-32-21-30-13-7-8-14-31(30)22-33(32)23-41)44(24-29-11-5-4-6-12-29)36(45)25-43-38(46)34-15-9-10-16-35(34)39(43)47/h4-16,19-20,32-33H,17-18,21-25H2,1-3H3,(H,42,48)/t32-,33+,41+/m1/s1.